The van der Waals surface area contributed by atoms with Crippen LogP contribution in [0.5, 0.6) is 0 Å². The molecule has 0 fully saturated rings. The Morgan fingerprint density at radius 2 is 1.88 bits per heavy atom. The fraction of sp³-hybridized carbons (Fsp3) is 0.389. The molecule has 1 aromatic heterocycles. The van der Waals surface area contributed by atoms with Crippen LogP contribution in [0.3, 0.4) is 0 Å². The molecule has 6 nitrogen and oxygen atoms in total. The molecule has 1 amide bonds. The molecule has 0 saturated carbocycles. The van der Waals surface area contributed by atoms with Gasteiger partial charge < -0.3 is 14.8 Å². The minimum atomic E-state index is -3.30. The van der Waals surface area contributed by atoms with E-state index < -0.39 is 21.2 Å². The lowest BCUT2D eigenvalue weighted by Crippen LogP contribution is -2.27. The monoisotopic (exact) mass is 365 g/mol. The second-order valence-electron chi connectivity index (χ2n) is 6.08. The maximum Gasteiger partial charge on any atom is 0.224 e. The first-order chi connectivity index (χ1) is 11.8. The van der Waals surface area contributed by atoms with E-state index in [1.54, 1.807) is 38.1 Å². The lowest BCUT2D eigenvalue weighted by Gasteiger charge is -2.10. The third-order valence-electron chi connectivity index (χ3n) is 3.85. The SMILES string of the molecule is CC(C)S(=O)(=O)c1ccc(CC(=O)NCCC(O)c2ccco2)cc1. The number of benzene rings is 1. The number of carbonyl (C=O) groups excluding carboxylic acids is 1. The normalized spacial score (nSPS) is 13.0. The predicted octanol–water partition coefficient (Wildman–Crippen LogP) is 2.24. The highest BCUT2D eigenvalue weighted by molar-refractivity contribution is 7.92. The molecule has 0 radical (unpaired) electrons. The van der Waals surface area contributed by atoms with Crippen molar-refractivity contribution in [2.45, 2.75) is 42.9 Å². The van der Waals surface area contributed by atoms with E-state index in [4.69, 9.17) is 4.42 Å². The molecule has 1 heterocycles. The number of aliphatic hydroxyl groups excluding tert-OH is 1. The molecular weight excluding hydrogens is 342 g/mol. The summed E-state index contributed by atoms with van der Waals surface area (Å²) >= 11 is 0. The van der Waals surface area contributed by atoms with Crippen LogP contribution in [0.15, 0.2) is 52.0 Å². The number of nitrogens with one attached hydrogen (secondary N) is 1. The Bertz CT molecular complexity index is 779. The second kappa shape index (κ2) is 8.31. The van der Waals surface area contributed by atoms with Gasteiger partial charge in [0.2, 0.25) is 5.91 Å². The zero-order valence-electron chi connectivity index (χ0n) is 14.3. The van der Waals surface area contributed by atoms with Crippen molar-refractivity contribution in [2.75, 3.05) is 6.54 Å². The number of furan rings is 1. The van der Waals surface area contributed by atoms with E-state index in [0.29, 0.717) is 18.7 Å². The Kier molecular flexibility index (Phi) is 6.39. The van der Waals surface area contributed by atoms with E-state index >= 15 is 0 Å². The molecule has 0 aliphatic carbocycles. The topological polar surface area (TPSA) is 96.6 Å². The molecule has 0 aliphatic rings. The quantitative estimate of drug-likeness (QED) is 0.748. The molecule has 136 valence electrons. The maximum atomic E-state index is 12.1. The van der Waals surface area contributed by atoms with Gasteiger partial charge in [0.1, 0.15) is 11.9 Å². The van der Waals surface area contributed by atoms with E-state index in [1.807, 2.05) is 0 Å². The lowest BCUT2D eigenvalue weighted by atomic mass is 10.1. The van der Waals surface area contributed by atoms with Gasteiger partial charge in [-0.25, -0.2) is 8.42 Å². The molecule has 0 saturated heterocycles. The minimum absolute atomic E-state index is 0.152. The molecule has 0 spiro atoms. The van der Waals surface area contributed by atoms with Gasteiger partial charge in [-0.05, 0) is 50.1 Å². The van der Waals surface area contributed by atoms with Gasteiger partial charge in [0.05, 0.1) is 22.8 Å². The third kappa shape index (κ3) is 5.17. The van der Waals surface area contributed by atoms with Crippen molar-refractivity contribution >= 4 is 15.7 Å². The molecule has 0 aliphatic heterocycles. The minimum Gasteiger partial charge on any atom is -0.467 e. The van der Waals surface area contributed by atoms with E-state index in [0.717, 1.165) is 5.56 Å². The van der Waals surface area contributed by atoms with Crippen LogP contribution in [0.1, 0.15) is 37.7 Å². The Hall–Kier alpha value is -2.12. The van der Waals surface area contributed by atoms with Crippen molar-refractivity contribution in [3.05, 3.63) is 54.0 Å². The summed E-state index contributed by atoms with van der Waals surface area (Å²) in [7, 11) is -3.30. The van der Waals surface area contributed by atoms with E-state index in [-0.39, 0.29) is 17.2 Å². The van der Waals surface area contributed by atoms with Crippen molar-refractivity contribution in [2.24, 2.45) is 0 Å². The number of amides is 1. The van der Waals surface area contributed by atoms with Crippen molar-refractivity contribution in [3.63, 3.8) is 0 Å². The van der Waals surface area contributed by atoms with Gasteiger partial charge in [-0.2, -0.15) is 0 Å². The number of hydrogen-bond donors (Lipinski definition) is 2. The Morgan fingerprint density at radius 3 is 2.44 bits per heavy atom. The molecule has 2 N–H and O–H groups in total. The number of rotatable bonds is 8. The van der Waals surface area contributed by atoms with Crippen molar-refractivity contribution in [1.82, 2.24) is 5.32 Å². The van der Waals surface area contributed by atoms with Crippen LogP contribution in [-0.2, 0) is 21.1 Å². The van der Waals surface area contributed by atoms with Crippen molar-refractivity contribution in [1.29, 1.82) is 0 Å². The number of sulfone groups is 1. The number of hydrogen-bond acceptors (Lipinski definition) is 5. The average molecular weight is 365 g/mol. The van der Waals surface area contributed by atoms with Gasteiger partial charge in [-0.3, -0.25) is 4.79 Å². The summed E-state index contributed by atoms with van der Waals surface area (Å²) in [5.41, 5.74) is 0.729. The van der Waals surface area contributed by atoms with Crippen LogP contribution in [-0.4, -0.2) is 31.2 Å². The summed E-state index contributed by atoms with van der Waals surface area (Å²) in [6.45, 7) is 3.59. The second-order valence-corrected chi connectivity index (χ2v) is 8.59. The highest BCUT2D eigenvalue weighted by Crippen LogP contribution is 2.17. The number of carbonyl (C=O) groups is 1. The van der Waals surface area contributed by atoms with Gasteiger partial charge >= 0.3 is 0 Å². The molecule has 0 bridgehead atoms. The molecule has 2 rings (SSSR count). The summed E-state index contributed by atoms with van der Waals surface area (Å²) in [6.07, 6.45) is 1.24. The van der Waals surface area contributed by atoms with Crippen LogP contribution >= 0.6 is 0 Å². The van der Waals surface area contributed by atoms with Crippen LogP contribution in [0, 0.1) is 0 Å². The van der Waals surface area contributed by atoms with E-state index in [2.05, 4.69) is 5.32 Å². The van der Waals surface area contributed by atoms with Gasteiger partial charge in [0, 0.05) is 6.54 Å². The molecule has 2 aromatic rings. The predicted molar refractivity (Wildman–Crippen MR) is 93.8 cm³/mol. The summed E-state index contributed by atoms with van der Waals surface area (Å²) in [4.78, 5) is 12.2. The van der Waals surface area contributed by atoms with Gasteiger partial charge in [0.15, 0.2) is 9.84 Å². The molecule has 1 aromatic carbocycles. The molecule has 25 heavy (non-hydrogen) atoms. The molecule has 1 unspecified atom stereocenters. The molecular formula is C18H23NO5S. The fourth-order valence-corrected chi connectivity index (χ4v) is 3.35. The van der Waals surface area contributed by atoms with Crippen molar-refractivity contribution < 1.29 is 22.7 Å². The Balaban J connectivity index is 1.82. The first kappa shape index (κ1) is 19.2. The standard InChI is InChI=1S/C18H23NO5S/c1-13(2)25(22,23)15-7-5-14(6-8-15)12-18(21)19-10-9-16(20)17-4-3-11-24-17/h3-8,11,13,16,20H,9-10,12H2,1-2H3,(H,19,21). The number of aliphatic hydroxyl groups is 1. The summed E-state index contributed by atoms with van der Waals surface area (Å²) in [5.74, 6) is 0.280. The van der Waals surface area contributed by atoms with Crippen LogP contribution in [0.2, 0.25) is 0 Å². The van der Waals surface area contributed by atoms with Crippen LogP contribution < -0.4 is 5.32 Å². The lowest BCUT2D eigenvalue weighted by molar-refractivity contribution is -0.120. The maximum absolute atomic E-state index is 12.1. The highest BCUT2D eigenvalue weighted by Gasteiger charge is 2.18. The van der Waals surface area contributed by atoms with E-state index in [9.17, 15) is 18.3 Å². The van der Waals surface area contributed by atoms with Gasteiger partial charge in [-0.15, -0.1) is 0 Å². The zero-order valence-corrected chi connectivity index (χ0v) is 15.1. The van der Waals surface area contributed by atoms with Gasteiger partial charge in [-0.1, -0.05) is 12.1 Å². The van der Waals surface area contributed by atoms with Gasteiger partial charge in [0.25, 0.3) is 0 Å². The first-order valence-electron chi connectivity index (χ1n) is 8.11. The van der Waals surface area contributed by atoms with E-state index in [1.165, 1.54) is 18.4 Å². The summed E-state index contributed by atoms with van der Waals surface area (Å²) in [5, 5.41) is 12.1. The first-order valence-corrected chi connectivity index (χ1v) is 9.66. The largest absolute Gasteiger partial charge is 0.467 e. The molecule has 7 heteroatoms. The zero-order chi connectivity index (χ0) is 18.4. The van der Waals surface area contributed by atoms with Crippen molar-refractivity contribution in [3.8, 4) is 0 Å². The highest BCUT2D eigenvalue weighted by atomic mass is 32.2. The average Bonchev–Trinajstić information content (AvgIpc) is 3.09. The Morgan fingerprint density at radius 1 is 1.20 bits per heavy atom. The molecule has 1 atom stereocenters. The van der Waals surface area contributed by atoms with Crippen LogP contribution in [0.25, 0.3) is 0 Å². The fourth-order valence-electron chi connectivity index (χ4n) is 2.29. The smallest absolute Gasteiger partial charge is 0.224 e. The third-order valence-corrected chi connectivity index (χ3v) is 6.02. The summed E-state index contributed by atoms with van der Waals surface area (Å²) < 4.78 is 29.2. The Labute approximate surface area is 147 Å². The van der Waals surface area contributed by atoms with Crippen LogP contribution in [0.4, 0.5) is 0 Å². The summed E-state index contributed by atoms with van der Waals surface area (Å²) in [6, 6.07) is 9.72.